The van der Waals surface area contributed by atoms with Crippen LogP contribution in [0.1, 0.15) is 16.7 Å². The quantitative estimate of drug-likeness (QED) is 0.803. The summed E-state index contributed by atoms with van der Waals surface area (Å²) in [6.07, 6.45) is 1.09. The van der Waals surface area contributed by atoms with E-state index in [1.165, 1.54) is 11.1 Å². The van der Waals surface area contributed by atoms with Crippen molar-refractivity contribution in [3.63, 3.8) is 0 Å². The van der Waals surface area contributed by atoms with Crippen LogP contribution in [-0.4, -0.2) is 17.6 Å². The van der Waals surface area contributed by atoms with Gasteiger partial charge in [0.25, 0.3) is 0 Å². The van der Waals surface area contributed by atoms with E-state index in [-0.39, 0.29) is 18.8 Å². The van der Waals surface area contributed by atoms with Crippen LogP contribution in [0.5, 0.6) is 0 Å². The summed E-state index contributed by atoms with van der Waals surface area (Å²) in [5, 5.41) is 12.0. The Labute approximate surface area is 94.9 Å². The van der Waals surface area contributed by atoms with Crippen molar-refractivity contribution in [2.24, 2.45) is 0 Å². The van der Waals surface area contributed by atoms with Gasteiger partial charge in [0.2, 0.25) is 0 Å². The topological polar surface area (TPSA) is 49.3 Å². The van der Waals surface area contributed by atoms with Gasteiger partial charge in [0.05, 0.1) is 6.42 Å². The molecule has 0 atom stereocenters. The first-order chi connectivity index (χ1) is 6.77. The maximum Gasteiger partial charge on any atom is 0.307 e. The summed E-state index contributed by atoms with van der Waals surface area (Å²) in [4.78, 5) is 10.6. The molecular formula is C11H14ClNO2. The highest BCUT2D eigenvalue weighted by Crippen LogP contribution is 2.18. The highest BCUT2D eigenvalue weighted by molar-refractivity contribution is 5.85. The van der Waals surface area contributed by atoms with Gasteiger partial charge in [-0.3, -0.25) is 4.79 Å². The average Bonchev–Trinajstić information content (AvgIpc) is 2.18. The number of carbonyl (C=O) groups is 1. The second kappa shape index (κ2) is 5.14. The van der Waals surface area contributed by atoms with E-state index >= 15 is 0 Å². The molecule has 2 rings (SSSR count). The molecule has 4 heteroatoms. The minimum Gasteiger partial charge on any atom is -0.481 e. The van der Waals surface area contributed by atoms with E-state index < -0.39 is 5.97 Å². The molecule has 0 amide bonds. The van der Waals surface area contributed by atoms with Gasteiger partial charge >= 0.3 is 5.97 Å². The van der Waals surface area contributed by atoms with Crippen LogP contribution in [0.25, 0.3) is 0 Å². The number of fused-ring (bicyclic) bond motifs is 1. The van der Waals surface area contributed by atoms with Crippen molar-refractivity contribution in [2.75, 3.05) is 6.54 Å². The summed E-state index contributed by atoms with van der Waals surface area (Å²) in [5.74, 6) is -0.753. The maximum absolute atomic E-state index is 10.6. The average molecular weight is 228 g/mol. The molecule has 0 radical (unpaired) electrons. The molecule has 0 saturated carbocycles. The largest absolute Gasteiger partial charge is 0.481 e. The van der Waals surface area contributed by atoms with Crippen LogP contribution in [0.2, 0.25) is 0 Å². The van der Waals surface area contributed by atoms with Gasteiger partial charge < -0.3 is 10.4 Å². The smallest absolute Gasteiger partial charge is 0.307 e. The molecule has 0 saturated heterocycles. The van der Waals surface area contributed by atoms with E-state index in [0.29, 0.717) is 0 Å². The third kappa shape index (κ3) is 2.70. The van der Waals surface area contributed by atoms with Crippen LogP contribution in [0.15, 0.2) is 18.2 Å². The Kier molecular flexibility index (Phi) is 4.12. The molecule has 82 valence electrons. The minimum absolute atomic E-state index is 0. The summed E-state index contributed by atoms with van der Waals surface area (Å²) >= 11 is 0. The zero-order chi connectivity index (χ0) is 9.97. The number of hydrogen-bond acceptors (Lipinski definition) is 2. The highest BCUT2D eigenvalue weighted by Gasteiger charge is 2.13. The minimum atomic E-state index is -0.753. The molecule has 1 aliphatic rings. The van der Waals surface area contributed by atoms with Gasteiger partial charge in [0, 0.05) is 6.54 Å². The van der Waals surface area contributed by atoms with E-state index in [4.69, 9.17) is 5.11 Å². The molecule has 0 fully saturated rings. The second-order valence-electron chi connectivity index (χ2n) is 3.55. The van der Waals surface area contributed by atoms with Crippen LogP contribution in [0.4, 0.5) is 0 Å². The Balaban J connectivity index is 0.00000112. The number of hydrogen-bond donors (Lipinski definition) is 2. The first-order valence-electron chi connectivity index (χ1n) is 4.79. The number of rotatable bonds is 2. The molecule has 1 aromatic carbocycles. The molecule has 2 N–H and O–H groups in total. The SMILES string of the molecule is Cl.O=C(O)Cc1cccc2c1CCNC2. The lowest BCUT2D eigenvalue weighted by Crippen LogP contribution is -2.25. The number of halogens is 1. The third-order valence-electron chi connectivity index (χ3n) is 2.58. The van der Waals surface area contributed by atoms with Gasteiger partial charge in [-0.25, -0.2) is 0 Å². The molecule has 1 aliphatic heterocycles. The van der Waals surface area contributed by atoms with Gasteiger partial charge in [0.1, 0.15) is 0 Å². The van der Waals surface area contributed by atoms with E-state index in [9.17, 15) is 4.79 Å². The summed E-state index contributed by atoms with van der Waals surface area (Å²) in [6.45, 7) is 1.81. The number of carboxylic acid groups (broad SMARTS) is 1. The monoisotopic (exact) mass is 227 g/mol. The molecule has 1 aromatic rings. The zero-order valence-corrected chi connectivity index (χ0v) is 9.14. The predicted octanol–water partition coefficient (Wildman–Crippen LogP) is 1.38. The van der Waals surface area contributed by atoms with E-state index in [1.807, 2.05) is 12.1 Å². The Morgan fingerprint density at radius 3 is 3.00 bits per heavy atom. The van der Waals surface area contributed by atoms with Gasteiger partial charge in [-0.05, 0) is 29.7 Å². The lowest BCUT2D eigenvalue weighted by atomic mass is 9.94. The van der Waals surface area contributed by atoms with Gasteiger partial charge in [0.15, 0.2) is 0 Å². The summed E-state index contributed by atoms with van der Waals surface area (Å²) in [5.41, 5.74) is 3.44. The molecule has 0 aliphatic carbocycles. The molecule has 0 unspecified atom stereocenters. The summed E-state index contributed by atoms with van der Waals surface area (Å²) in [7, 11) is 0. The van der Waals surface area contributed by atoms with Crippen LogP contribution in [0.3, 0.4) is 0 Å². The third-order valence-corrected chi connectivity index (χ3v) is 2.58. The molecule has 1 heterocycles. The molecule has 3 nitrogen and oxygen atoms in total. The van der Waals surface area contributed by atoms with Crippen molar-refractivity contribution in [3.05, 3.63) is 34.9 Å². The van der Waals surface area contributed by atoms with Crippen molar-refractivity contribution in [1.82, 2.24) is 5.32 Å². The van der Waals surface area contributed by atoms with E-state index in [1.54, 1.807) is 0 Å². The Morgan fingerprint density at radius 2 is 2.27 bits per heavy atom. The van der Waals surface area contributed by atoms with Crippen molar-refractivity contribution in [2.45, 2.75) is 19.4 Å². The molecule has 0 aromatic heterocycles. The Hall–Kier alpha value is -1.06. The zero-order valence-electron chi connectivity index (χ0n) is 8.32. The first kappa shape index (κ1) is 12.0. The van der Waals surface area contributed by atoms with Crippen molar-refractivity contribution in [1.29, 1.82) is 0 Å². The van der Waals surface area contributed by atoms with Crippen molar-refractivity contribution < 1.29 is 9.90 Å². The van der Waals surface area contributed by atoms with Gasteiger partial charge in [-0.2, -0.15) is 0 Å². The fourth-order valence-electron chi connectivity index (χ4n) is 1.94. The summed E-state index contributed by atoms with van der Waals surface area (Å²) in [6, 6.07) is 5.91. The number of benzene rings is 1. The fourth-order valence-corrected chi connectivity index (χ4v) is 1.94. The normalized spacial score (nSPS) is 13.9. The van der Waals surface area contributed by atoms with Crippen LogP contribution in [0, 0.1) is 0 Å². The van der Waals surface area contributed by atoms with Crippen LogP contribution >= 0.6 is 12.4 Å². The lowest BCUT2D eigenvalue weighted by molar-refractivity contribution is -0.136. The Morgan fingerprint density at radius 1 is 1.47 bits per heavy atom. The number of carboxylic acids is 1. The highest BCUT2D eigenvalue weighted by atomic mass is 35.5. The predicted molar refractivity (Wildman–Crippen MR) is 60.4 cm³/mol. The van der Waals surface area contributed by atoms with Crippen molar-refractivity contribution >= 4 is 18.4 Å². The van der Waals surface area contributed by atoms with Gasteiger partial charge in [-0.1, -0.05) is 18.2 Å². The number of nitrogens with one attached hydrogen (secondary N) is 1. The fraction of sp³-hybridized carbons (Fsp3) is 0.364. The van der Waals surface area contributed by atoms with Crippen LogP contribution < -0.4 is 5.32 Å². The number of aliphatic carboxylic acids is 1. The van der Waals surface area contributed by atoms with Crippen LogP contribution in [-0.2, 0) is 24.2 Å². The standard InChI is InChI=1S/C11H13NO2.ClH/c13-11(14)6-8-2-1-3-9-7-12-5-4-10(8)9;/h1-3,12H,4-7H2,(H,13,14);1H. The second-order valence-corrected chi connectivity index (χ2v) is 3.55. The van der Waals surface area contributed by atoms with Gasteiger partial charge in [-0.15, -0.1) is 12.4 Å². The molecule has 0 bridgehead atoms. The first-order valence-corrected chi connectivity index (χ1v) is 4.79. The van der Waals surface area contributed by atoms with E-state index in [2.05, 4.69) is 11.4 Å². The van der Waals surface area contributed by atoms with Crippen molar-refractivity contribution in [3.8, 4) is 0 Å². The maximum atomic E-state index is 10.6. The summed E-state index contributed by atoms with van der Waals surface area (Å²) < 4.78 is 0. The van der Waals surface area contributed by atoms with E-state index in [0.717, 1.165) is 25.1 Å². The Bertz CT molecular complexity index is 366. The molecule has 0 spiro atoms. The molecular weight excluding hydrogens is 214 g/mol. The molecule has 15 heavy (non-hydrogen) atoms. The lowest BCUT2D eigenvalue weighted by Gasteiger charge is -2.19.